The molecule has 6 heteroatoms. The molecule has 152 valence electrons. The first-order valence-corrected chi connectivity index (χ1v) is 10.3. The molecule has 0 heterocycles. The molecule has 0 saturated carbocycles. The van der Waals surface area contributed by atoms with Crippen LogP contribution in [-0.2, 0) is 0 Å². The predicted molar refractivity (Wildman–Crippen MR) is 125 cm³/mol. The zero-order valence-corrected chi connectivity index (χ0v) is 17.9. The molecule has 1 N–H and O–H groups in total. The van der Waals surface area contributed by atoms with Crippen LogP contribution in [0.5, 0.6) is 5.75 Å². The molecule has 31 heavy (non-hydrogen) atoms. The van der Waals surface area contributed by atoms with Gasteiger partial charge in [0.25, 0.3) is 5.91 Å². The fourth-order valence-corrected chi connectivity index (χ4v) is 3.51. The van der Waals surface area contributed by atoms with Crippen LogP contribution < -0.4 is 10.2 Å². The third-order valence-corrected chi connectivity index (χ3v) is 5.29. The molecule has 5 nitrogen and oxygen atoms in total. The molecule has 0 aliphatic rings. The number of halogens is 1. The van der Waals surface area contributed by atoms with E-state index in [-0.39, 0.29) is 5.91 Å². The molecule has 0 radical (unpaired) electrons. The van der Waals surface area contributed by atoms with Crippen molar-refractivity contribution in [2.75, 3.05) is 0 Å². The average molecular weight is 473 g/mol. The topological polar surface area (TPSA) is 67.8 Å². The second-order valence-corrected chi connectivity index (χ2v) is 7.52. The van der Waals surface area contributed by atoms with Gasteiger partial charge >= 0.3 is 5.97 Å². The van der Waals surface area contributed by atoms with Gasteiger partial charge in [0.05, 0.1) is 11.8 Å². The molecular formula is C25H17BrN2O3. The summed E-state index contributed by atoms with van der Waals surface area (Å²) >= 11 is 3.34. The van der Waals surface area contributed by atoms with E-state index in [0.29, 0.717) is 21.3 Å². The number of rotatable bonds is 5. The van der Waals surface area contributed by atoms with Crippen molar-refractivity contribution < 1.29 is 14.3 Å². The fourth-order valence-electron chi connectivity index (χ4n) is 3.06. The van der Waals surface area contributed by atoms with Gasteiger partial charge in [-0.1, -0.05) is 48.5 Å². The minimum Gasteiger partial charge on any atom is -0.423 e. The molecule has 1 amide bonds. The van der Waals surface area contributed by atoms with Gasteiger partial charge in [-0.2, -0.15) is 5.10 Å². The van der Waals surface area contributed by atoms with Gasteiger partial charge in [0.15, 0.2) is 0 Å². The Bertz CT molecular complexity index is 1280. The predicted octanol–water partition coefficient (Wildman–Crippen LogP) is 5.59. The molecule has 0 saturated heterocycles. The van der Waals surface area contributed by atoms with E-state index in [0.717, 1.165) is 16.3 Å². The molecule has 0 spiro atoms. The molecule has 0 fully saturated rings. The first kappa shape index (κ1) is 20.5. The highest BCUT2D eigenvalue weighted by molar-refractivity contribution is 9.10. The Hall–Kier alpha value is -3.77. The number of nitrogens with one attached hydrogen (secondary N) is 1. The van der Waals surface area contributed by atoms with Gasteiger partial charge in [-0.15, -0.1) is 0 Å². The van der Waals surface area contributed by atoms with Crippen LogP contribution in [0.2, 0.25) is 0 Å². The summed E-state index contributed by atoms with van der Waals surface area (Å²) in [5, 5.41) is 5.90. The number of carbonyl (C=O) groups is 2. The number of hydrazone groups is 1. The van der Waals surface area contributed by atoms with Gasteiger partial charge in [-0.05, 0) is 74.7 Å². The molecule has 0 unspecified atom stereocenters. The summed E-state index contributed by atoms with van der Waals surface area (Å²) in [6, 6.07) is 27.2. The van der Waals surface area contributed by atoms with E-state index in [2.05, 4.69) is 26.5 Å². The van der Waals surface area contributed by atoms with Crippen LogP contribution >= 0.6 is 15.9 Å². The van der Waals surface area contributed by atoms with Crippen LogP contribution in [0.15, 0.2) is 101 Å². The number of amides is 1. The Morgan fingerprint density at radius 2 is 1.48 bits per heavy atom. The number of fused-ring (bicyclic) bond motifs is 1. The van der Waals surface area contributed by atoms with Crippen molar-refractivity contribution in [3.8, 4) is 5.75 Å². The van der Waals surface area contributed by atoms with Crippen molar-refractivity contribution in [3.05, 3.63) is 112 Å². The maximum atomic E-state index is 12.5. The van der Waals surface area contributed by atoms with Gasteiger partial charge < -0.3 is 4.74 Å². The number of carbonyl (C=O) groups excluding carboxylic acids is 2. The van der Waals surface area contributed by atoms with Gasteiger partial charge in [-0.25, -0.2) is 10.2 Å². The SMILES string of the molecule is O=C(Oc1ccc(C=NNC(=O)c2cccc3ccccc23)cc1)c1ccccc1Br. The monoisotopic (exact) mass is 472 g/mol. The minimum absolute atomic E-state index is 0.285. The maximum absolute atomic E-state index is 12.5. The van der Waals surface area contributed by atoms with Crippen LogP contribution in [0.3, 0.4) is 0 Å². The molecule has 4 aromatic rings. The van der Waals surface area contributed by atoms with E-state index in [1.807, 2.05) is 42.5 Å². The van der Waals surface area contributed by atoms with E-state index < -0.39 is 5.97 Å². The molecule has 0 bridgehead atoms. The molecule has 4 rings (SSSR count). The number of benzene rings is 4. The van der Waals surface area contributed by atoms with Crippen LogP contribution in [-0.4, -0.2) is 18.1 Å². The van der Waals surface area contributed by atoms with Gasteiger partial charge in [0.2, 0.25) is 0 Å². The van der Waals surface area contributed by atoms with Crippen LogP contribution in [0, 0.1) is 0 Å². The molecule has 0 aromatic heterocycles. The summed E-state index contributed by atoms with van der Waals surface area (Å²) in [7, 11) is 0. The smallest absolute Gasteiger partial charge is 0.344 e. The summed E-state index contributed by atoms with van der Waals surface area (Å²) in [6.45, 7) is 0. The third-order valence-electron chi connectivity index (χ3n) is 4.60. The maximum Gasteiger partial charge on any atom is 0.344 e. The lowest BCUT2D eigenvalue weighted by molar-refractivity contribution is 0.0733. The Morgan fingerprint density at radius 1 is 0.806 bits per heavy atom. The average Bonchev–Trinajstić information content (AvgIpc) is 2.80. The summed E-state index contributed by atoms with van der Waals surface area (Å²) in [5.41, 5.74) is 4.31. The Kier molecular flexibility index (Phi) is 6.19. The minimum atomic E-state index is -0.448. The van der Waals surface area contributed by atoms with Gasteiger partial charge in [-0.3, -0.25) is 4.79 Å². The highest BCUT2D eigenvalue weighted by Crippen LogP contribution is 2.20. The summed E-state index contributed by atoms with van der Waals surface area (Å²) < 4.78 is 6.07. The zero-order chi connectivity index (χ0) is 21.6. The third kappa shape index (κ3) is 4.87. The van der Waals surface area contributed by atoms with E-state index in [4.69, 9.17) is 4.74 Å². The number of nitrogens with zero attached hydrogens (tertiary/aromatic N) is 1. The van der Waals surface area contributed by atoms with Gasteiger partial charge in [0, 0.05) is 10.0 Å². The van der Waals surface area contributed by atoms with E-state index >= 15 is 0 Å². The lowest BCUT2D eigenvalue weighted by atomic mass is 10.0. The zero-order valence-electron chi connectivity index (χ0n) is 16.3. The highest BCUT2D eigenvalue weighted by atomic mass is 79.9. The standard InChI is InChI=1S/C25H17BrN2O3/c26-23-11-4-3-9-22(23)25(30)31-19-14-12-17(13-15-19)16-27-28-24(29)21-10-5-7-18-6-1-2-8-20(18)21/h1-16H,(H,28,29). The van der Waals surface area contributed by atoms with Crippen LogP contribution in [0.1, 0.15) is 26.3 Å². The molecule has 4 aromatic carbocycles. The Labute approximate surface area is 187 Å². The van der Waals surface area contributed by atoms with E-state index in [1.165, 1.54) is 6.21 Å². The van der Waals surface area contributed by atoms with Crippen molar-refractivity contribution in [1.82, 2.24) is 5.43 Å². The number of esters is 1. The van der Waals surface area contributed by atoms with Crippen LogP contribution in [0.4, 0.5) is 0 Å². The van der Waals surface area contributed by atoms with Crippen molar-refractivity contribution in [2.45, 2.75) is 0 Å². The molecule has 0 atom stereocenters. The number of hydrogen-bond acceptors (Lipinski definition) is 4. The van der Waals surface area contributed by atoms with Crippen molar-refractivity contribution in [1.29, 1.82) is 0 Å². The molecule has 0 aliphatic heterocycles. The first-order chi connectivity index (χ1) is 15.1. The molecular weight excluding hydrogens is 456 g/mol. The normalized spacial score (nSPS) is 10.9. The van der Waals surface area contributed by atoms with E-state index in [1.54, 1.807) is 48.5 Å². The second kappa shape index (κ2) is 9.36. The lowest BCUT2D eigenvalue weighted by Gasteiger charge is -2.06. The first-order valence-electron chi connectivity index (χ1n) is 9.50. The summed E-state index contributed by atoms with van der Waals surface area (Å²) in [4.78, 5) is 24.8. The summed E-state index contributed by atoms with van der Waals surface area (Å²) in [5.74, 6) is -0.319. The van der Waals surface area contributed by atoms with Crippen molar-refractivity contribution in [2.24, 2.45) is 5.10 Å². The fraction of sp³-hybridized carbons (Fsp3) is 0. The second-order valence-electron chi connectivity index (χ2n) is 6.66. The lowest BCUT2D eigenvalue weighted by Crippen LogP contribution is -2.17. The quantitative estimate of drug-likeness (QED) is 0.178. The Balaban J connectivity index is 1.39. The van der Waals surface area contributed by atoms with Crippen molar-refractivity contribution in [3.63, 3.8) is 0 Å². The largest absolute Gasteiger partial charge is 0.423 e. The van der Waals surface area contributed by atoms with Crippen LogP contribution in [0.25, 0.3) is 10.8 Å². The highest BCUT2D eigenvalue weighted by Gasteiger charge is 2.12. The van der Waals surface area contributed by atoms with Gasteiger partial charge in [0.1, 0.15) is 5.75 Å². The number of hydrogen-bond donors (Lipinski definition) is 1. The number of ether oxygens (including phenoxy) is 1. The molecule has 0 aliphatic carbocycles. The van der Waals surface area contributed by atoms with E-state index in [9.17, 15) is 9.59 Å². The van der Waals surface area contributed by atoms with Crippen molar-refractivity contribution >= 4 is 44.8 Å². The summed E-state index contributed by atoms with van der Waals surface area (Å²) in [6.07, 6.45) is 1.53. The Morgan fingerprint density at radius 3 is 2.29 bits per heavy atom.